The molecule has 0 aromatic rings. The van der Waals surface area contributed by atoms with Gasteiger partial charge in [0.25, 0.3) is 0 Å². The van der Waals surface area contributed by atoms with Gasteiger partial charge in [-0.25, -0.2) is 4.39 Å². The summed E-state index contributed by atoms with van der Waals surface area (Å²) in [7, 11) is 0. The summed E-state index contributed by atoms with van der Waals surface area (Å²) < 4.78 is 12.4. The van der Waals surface area contributed by atoms with Crippen molar-refractivity contribution in [2.45, 2.75) is 19.0 Å². The molecule has 0 heterocycles. The van der Waals surface area contributed by atoms with Gasteiger partial charge in [-0.3, -0.25) is 0 Å². The van der Waals surface area contributed by atoms with E-state index >= 15 is 0 Å². The van der Waals surface area contributed by atoms with Crippen molar-refractivity contribution < 1.29 is 4.39 Å². The van der Waals surface area contributed by atoms with Crippen molar-refractivity contribution in [3.05, 3.63) is 36.5 Å². The topological polar surface area (TPSA) is 0 Å². The molecule has 0 aromatic carbocycles. The Bertz CT molecular complexity index is 177. The Balaban J connectivity index is 2.49. The lowest BCUT2D eigenvalue weighted by Gasteiger charge is -2.06. The molecule has 0 fully saturated rings. The van der Waals surface area contributed by atoms with Crippen LogP contribution in [-0.4, -0.2) is 6.17 Å². The smallest absolute Gasteiger partial charge is 0.122 e. The van der Waals surface area contributed by atoms with Crippen LogP contribution in [0.2, 0.25) is 0 Å². The van der Waals surface area contributed by atoms with Gasteiger partial charge in [-0.05, 0) is 12.0 Å². The first kappa shape index (κ1) is 7.26. The van der Waals surface area contributed by atoms with Gasteiger partial charge in [-0.1, -0.05) is 24.3 Å². The van der Waals surface area contributed by atoms with Gasteiger partial charge in [0.05, 0.1) is 0 Å². The Hall–Kier alpha value is -0.850. The average Bonchev–Trinajstić information content (AvgIpc) is 1.95. The van der Waals surface area contributed by atoms with Gasteiger partial charge < -0.3 is 0 Å². The van der Waals surface area contributed by atoms with Crippen LogP contribution in [-0.2, 0) is 0 Å². The Morgan fingerprint density at radius 2 is 2.60 bits per heavy atom. The van der Waals surface area contributed by atoms with E-state index in [0.717, 1.165) is 6.42 Å². The Kier molecular flexibility index (Phi) is 2.43. The Labute approximate surface area is 60.7 Å². The van der Waals surface area contributed by atoms with Crippen LogP contribution in [0.25, 0.3) is 0 Å². The molecule has 54 valence electrons. The van der Waals surface area contributed by atoms with E-state index in [1.807, 2.05) is 18.2 Å². The second-order valence-electron chi connectivity index (χ2n) is 2.38. The number of rotatable bonds is 2. The first-order valence-corrected chi connectivity index (χ1v) is 3.45. The maximum atomic E-state index is 12.4. The molecule has 0 nitrogen and oxygen atoms in total. The van der Waals surface area contributed by atoms with Gasteiger partial charge in [0.1, 0.15) is 6.17 Å². The van der Waals surface area contributed by atoms with Crippen molar-refractivity contribution >= 4 is 0 Å². The van der Waals surface area contributed by atoms with E-state index < -0.39 is 6.17 Å². The lowest BCUT2D eigenvalue weighted by atomic mass is 10.0. The second-order valence-corrected chi connectivity index (χ2v) is 2.38. The molecule has 0 aliphatic heterocycles. The van der Waals surface area contributed by atoms with Crippen molar-refractivity contribution in [2.75, 3.05) is 0 Å². The minimum atomic E-state index is -0.770. The SMILES string of the molecule is C=CCC1=CCC(F)C=C1. The third-order valence-electron chi connectivity index (χ3n) is 1.50. The highest BCUT2D eigenvalue weighted by molar-refractivity contribution is 5.25. The lowest BCUT2D eigenvalue weighted by molar-refractivity contribution is 0.400. The largest absolute Gasteiger partial charge is 0.243 e. The minimum absolute atomic E-state index is 0.527. The highest BCUT2D eigenvalue weighted by atomic mass is 19.1. The number of alkyl halides is 1. The molecular formula is C9H11F. The molecular weight excluding hydrogens is 127 g/mol. The van der Waals surface area contributed by atoms with Gasteiger partial charge in [-0.2, -0.15) is 0 Å². The molecule has 1 heteroatoms. The molecule has 0 aromatic heterocycles. The third kappa shape index (κ3) is 1.83. The predicted molar refractivity (Wildman–Crippen MR) is 41.6 cm³/mol. The van der Waals surface area contributed by atoms with Crippen LogP contribution >= 0.6 is 0 Å². The molecule has 0 amide bonds. The molecule has 0 spiro atoms. The fraction of sp³-hybridized carbons (Fsp3) is 0.333. The molecule has 1 atom stereocenters. The number of halogens is 1. The van der Waals surface area contributed by atoms with E-state index in [1.54, 1.807) is 6.08 Å². The van der Waals surface area contributed by atoms with Crippen LogP contribution < -0.4 is 0 Å². The highest BCUT2D eigenvalue weighted by Gasteiger charge is 2.04. The zero-order valence-corrected chi connectivity index (χ0v) is 5.89. The van der Waals surface area contributed by atoms with Gasteiger partial charge >= 0.3 is 0 Å². The third-order valence-corrected chi connectivity index (χ3v) is 1.50. The number of allylic oxidation sites excluding steroid dienone is 5. The molecule has 1 rings (SSSR count). The minimum Gasteiger partial charge on any atom is -0.243 e. The molecule has 0 radical (unpaired) electrons. The average molecular weight is 138 g/mol. The molecule has 0 N–H and O–H groups in total. The maximum Gasteiger partial charge on any atom is 0.122 e. The summed E-state index contributed by atoms with van der Waals surface area (Å²) in [4.78, 5) is 0. The predicted octanol–water partition coefficient (Wildman–Crippen LogP) is 2.79. The number of hydrogen-bond acceptors (Lipinski definition) is 0. The lowest BCUT2D eigenvalue weighted by Crippen LogP contribution is -1.97. The van der Waals surface area contributed by atoms with Gasteiger partial charge in [-0.15, -0.1) is 6.58 Å². The first-order valence-electron chi connectivity index (χ1n) is 3.45. The quantitative estimate of drug-likeness (QED) is 0.515. The van der Waals surface area contributed by atoms with Gasteiger partial charge in [0.15, 0.2) is 0 Å². The zero-order chi connectivity index (χ0) is 7.40. The molecule has 1 aliphatic carbocycles. The molecule has 10 heavy (non-hydrogen) atoms. The summed E-state index contributed by atoms with van der Waals surface area (Å²) in [5.74, 6) is 0. The molecule has 0 saturated heterocycles. The molecule has 0 bridgehead atoms. The summed E-state index contributed by atoms with van der Waals surface area (Å²) >= 11 is 0. The first-order chi connectivity index (χ1) is 4.83. The molecule has 1 unspecified atom stereocenters. The van der Waals surface area contributed by atoms with E-state index in [1.165, 1.54) is 5.57 Å². The van der Waals surface area contributed by atoms with E-state index in [9.17, 15) is 4.39 Å². The van der Waals surface area contributed by atoms with E-state index in [0.29, 0.717) is 6.42 Å². The fourth-order valence-electron chi connectivity index (χ4n) is 0.957. The van der Waals surface area contributed by atoms with Crippen LogP contribution in [0.15, 0.2) is 36.5 Å². The molecule has 1 aliphatic rings. The Morgan fingerprint density at radius 3 is 3.10 bits per heavy atom. The van der Waals surface area contributed by atoms with Crippen molar-refractivity contribution in [3.8, 4) is 0 Å². The fourth-order valence-corrected chi connectivity index (χ4v) is 0.957. The summed E-state index contributed by atoms with van der Waals surface area (Å²) in [6.07, 6.45) is 7.78. The van der Waals surface area contributed by atoms with Gasteiger partial charge in [0, 0.05) is 6.42 Å². The van der Waals surface area contributed by atoms with Crippen molar-refractivity contribution in [3.63, 3.8) is 0 Å². The normalized spacial score (nSPS) is 24.1. The Morgan fingerprint density at radius 1 is 1.80 bits per heavy atom. The van der Waals surface area contributed by atoms with E-state index in [-0.39, 0.29) is 0 Å². The highest BCUT2D eigenvalue weighted by Crippen LogP contribution is 2.15. The zero-order valence-electron chi connectivity index (χ0n) is 5.89. The van der Waals surface area contributed by atoms with Crippen molar-refractivity contribution in [1.82, 2.24) is 0 Å². The van der Waals surface area contributed by atoms with Crippen LogP contribution in [0.5, 0.6) is 0 Å². The van der Waals surface area contributed by atoms with Crippen LogP contribution in [0.3, 0.4) is 0 Å². The maximum absolute atomic E-state index is 12.4. The van der Waals surface area contributed by atoms with Crippen LogP contribution in [0, 0.1) is 0 Å². The monoisotopic (exact) mass is 138 g/mol. The standard InChI is InChI=1S/C9H11F/c1-2-3-8-4-6-9(10)7-5-8/h2,4-6,9H,1,3,7H2. The van der Waals surface area contributed by atoms with Crippen LogP contribution in [0.4, 0.5) is 4.39 Å². The van der Waals surface area contributed by atoms with Crippen LogP contribution in [0.1, 0.15) is 12.8 Å². The van der Waals surface area contributed by atoms with Gasteiger partial charge in [0.2, 0.25) is 0 Å². The van der Waals surface area contributed by atoms with Crippen molar-refractivity contribution in [2.24, 2.45) is 0 Å². The summed E-state index contributed by atoms with van der Waals surface area (Å²) in [5, 5.41) is 0. The summed E-state index contributed by atoms with van der Waals surface area (Å²) in [6.45, 7) is 3.61. The molecule has 0 saturated carbocycles. The van der Waals surface area contributed by atoms with E-state index in [4.69, 9.17) is 0 Å². The summed E-state index contributed by atoms with van der Waals surface area (Å²) in [5.41, 5.74) is 1.17. The second kappa shape index (κ2) is 3.35. The van der Waals surface area contributed by atoms with Crippen molar-refractivity contribution in [1.29, 1.82) is 0 Å². The summed E-state index contributed by atoms with van der Waals surface area (Å²) in [6, 6.07) is 0. The number of hydrogen-bond donors (Lipinski definition) is 0. The van der Waals surface area contributed by atoms with E-state index in [2.05, 4.69) is 6.58 Å².